The van der Waals surface area contributed by atoms with Crippen molar-refractivity contribution in [3.8, 4) is 0 Å². The van der Waals surface area contributed by atoms with Crippen LogP contribution < -0.4 is 0 Å². The highest BCUT2D eigenvalue weighted by Crippen LogP contribution is 2.36. The standard InChI is InChI=1S/C20H20Cl2O6/c21-13-7-3-1-5-11(13)19-25-9-15(23)18-17(24)16(27-19)10-26-20(28-18)12-6-2-4-8-14(12)22/h1-8,15-20,23-24H,9-10H2/t15-,16+,17+,18+,19?,20?/m0/s1. The van der Waals surface area contributed by atoms with E-state index in [2.05, 4.69) is 0 Å². The van der Waals surface area contributed by atoms with Crippen molar-refractivity contribution in [2.24, 2.45) is 0 Å². The number of benzene rings is 2. The van der Waals surface area contributed by atoms with E-state index in [1.165, 1.54) is 0 Å². The molecule has 2 bridgehead atoms. The summed E-state index contributed by atoms with van der Waals surface area (Å²) in [6.45, 7) is -0.0931. The maximum Gasteiger partial charge on any atom is 0.185 e. The van der Waals surface area contributed by atoms with Crippen molar-refractivity contribution in [1.29, 1.82) is 0 Å². The van der Waals surface area contributed by atoms with E-state index in [1.807, 2.05) is 12.1 Å². The van der Waals surface area contributed by atoms with Crippen LogP contribution >= 0.6 is 23.2 Å². The van der Waals surface area contributed by atoms with Gasteiger partial charge in [0, 0.05) is 21.2 Å². The van der Waals surface area contributed by atoms with Gasteiger partial charge in [-0.15, -0.1) is 0 Å². The summed E-state index contributed by atoms with van der Waals surface area (Å²) in [6, 6.07) is 14.2. The van der Waals surface area contributed by atoms with Gasteiger partial charge in [-0.2, -0.15) is 0 Å². The third-order valence-corrected chi connectivity index (χ3v) is 5.51. The third-order valence-electron chi connectivity index (χ3n) is 4.82. The molecule has 0 saturated carbocycles. The van der Waals surface area contributed by atoms with Crippen LogP contribution in [0, 0.1) is 0 Å². The number of aliphatic hydroxyl groups is 2. The van der Waals surface area contributed by atoms with Crippen molar-refractivity contribution in [1.82, 2.24) is 0 Å². The summed E-state index contributed by atoms with van der Waals surface area (Å²) in [5.41, 5.74) is 1.21. The molecule has 2 aromatic carbocycles. The first kappa shape index (κ1) is 20.1. The summed E-state index contributed by atoms with van der Waals surface area (Å²) >= 11 is 12.5. The Kier molecular flexibility index (Phi) is 6.20. The zero-order valence-electron chi connectivity index (χ0n) is 14.8. The number of hydrogen-bond donors (Lipinski definition) is 2. The fourth-order valence-corrected chi connectivity index (χ4v) is 3.78. The molecule has 0 radical (unpaired) electrons. The molecule has 8 heteroatoms. The van der Waals surface area contributed by atoms with E-state index in [-0.39, 0.29) is 13.2 Å². The van der Waals surface area contributed by atoms with Gasteiger partial charge in [-0.25, -0.2) is 0 Å². The van der Waals surface area contributed by atoms with Gasteiger partial charge >= 0.3 is 0 Å². The topological polar surface area (TPSA) is 77.4 Å². The first-order chi connectivity index (χ1) is 13.5. The Morgan fingerprint density at radius 1 is 0.750 bits per heavy atom. The summed E-state index contributed by atoms with van der Waals surface area (Å²) in [6.07, 6.45) is -5.71. The second kappa shape index (κ2) is 8.65. The first-order valence-electron chi connectivity index (χ1n) is 8.93. The molecule has 4 rings (SSSR count). The summed E-state index contributed by atoms with van der Waals surface area (Å²) in [5, 5.41) is 22.3. The average molecular weight is 427 g/mol. The molecule has 6 nitrogen and oxygen atoms in total. The van der Waals surface area contributed by atoms with Crippen LogP contribution in [0.2, 0.25) is 10.0 Å². The molecule has 28 heavy (non-hydrogen) atoms. The summed E-state index contributed by atoms with van der Waals surface area (Å²) in [5.74, 6) is 0. The minimum Gasteiger partial charge on any atom is -0.388 e. The second-order valence-electron chi connectivity index (χ2n) is 6.71. The Balaban J connectivity index is 1.61. The predicted octanol–water partition coefficient (Wildman–Crippen LogP) is 3.24. The fourth-order valence-electron chi connectivity index (χ4n) is 3.33. The Labute approximate surface area is 172 Å². The van der Waals surface area contributed by atoms with Crippen LogP contribution in [-0.2, 0) is 18.9 Å². The van der Waals surface area contributed by atoms with Crippen molar-refractivity contribution < 1.29 is 29.2 Å². The Hall–Kier alpha value is -1.22. The molecule has 2 saturated heterocycles. The van der Waals surface area contributed by atoms with E-state index >= 15 is 0 Å². The van der Waals surface area contributed by atoms with Gasteiger partial charge < -0.3 is 29.2 Å². The molecule has 2 heterocycles. The van der Waals surface area contributed by atoms with E-state index in [4.69, 9.17) is 42.1 Å². The minimum atomic E-state index is -1.13. The minimum absolute atomic E-state index is 0.0184. The quantitative estimate of drug-likeness (QED) is 0.767. The second-order valence-corrected chi connectivity index (χ2v) is 7.52. The number of halogens is 2. The Morgan fingerprint density at radius 2 is 1.29 bits per heavy atom. The Bertz CT molecular complexity index is 775. The van der Waals surface area contributed by atoms with E-state index in [1.54, 1.807) is 36.4 Å². The lowest BCUT2D eigenvalue weighted by molar-refractivity contribution is -0.252. The lowest BCUT2D eigenvalue weighted by atomic mass is 10.0. The van der Waals surface area contributed by atoms with Gasteiger partial charge in [-0.3, -0.25) is 0 Å². The van der Waals surface area contributed by atoms with Crippen LogP contribution in [0.1, 0.15) is 23.7 Å². The molecule has 0 aliphatic carbocycles. The molecule has 2 aliphatic heterocycles. The number of rotatable bonds is 2. The van der Waals surface area contributed by atoms with Crippen molar-refractivity contribution >= 4 is 23.2 Å². The van der Waals surface area contributed by atoms with E-state index in [0.717, 1.165) is 0 Å². The Morgan fingerprint density at radius 3 is 1.89 bits per heavy atom. The molecular formula is C20H20Cl2O6. The van der Waals surface area contributed by atoms with Crippen LogP contribution in [-0.4, -0.2) is 47.8 Å². The third kappa shape index (κ3) is 4.06. The van der Waals surface area contributed by atoms with Gasteiger partial charge in [0.15, 0.2) is 12.6 Å². The maximum absolute atomic E-state index is 10.8. The van der Waals surface area contributed by atoms with Crippen molar-refractivity contribution in [3.63, 3.8) is 0 Å². The van der Waals surface area contributed by atoms with Crippen LogP contribution in [0.4, 0.5) is 0 Å². The fraction of sp³-hybridized carbons (Fsp3) is 0.400. The summed E-state index contributed by atoms with van der Waals surface area (Å²) in [7, 11) is 0. The number of ether oxygens (including phenoxy) is 4. The maximum atomic E-state index is 10.8. The molecule has 0 spiro atoms. The highest BCUT2D eigenvalue weighted by molar-refractivity contribution is 6.31. The SMILES string of the molecule is O[C@H]1[C@@H]2OC(c3ccccc3Cl)OC[C@H]1OC(c1ccccc1Cl)OC[C@@H]2O. The molecule has 2 fully saturated rings. The molecule has 0 aromatic heterocycles. The van der Waals surface area contributed by atoms with Crippen LogP contribution in [0.5, 0.6) is 0 Å². The molecule has 6 atom stereocenters. The zero-order chi connectivity index (χ0) is 19.7. The molecule has 2 N–H and O–H groups in total. The predicted molar refractivity (Wildman–Crippen MR) is 102 cm³/mol. The lowest BCUT2D eigenvalue weighted by Crippen LogP contribution is -2.50. The van der Waals surface area contributed by atoms with Gasteiger partial charge in [0.25, 0.3) is 0 Å². The molecule has 2 aromatic rings. The molecule has 0 amide bonds. The zero-order valence-corrected chi connectivity index (χ0v) is 16.3. The van der Waals surface area contributed by atoms with Crippen molar-refractivity contribution in [2.75, 3.05) is 13.2 Å². The monoisotopic (exact) mass is 426 g/mol. The highest BCUT2D eigenvalue weighted by atomic mass is 35.5. The van der Waals surface area contributed by atoms with Crippen LogP contribution in [0.25, 0.3) is 0 Å². The van der Waals surface area contributed by atoms with Crippen LogP contribution in [0.3, 0.4) is 0 Å². The van der Waals surface area contributed by atoms with Gasteiger partial charge in [-0.05, 0) is 12.1 Å². The molecule has 150 valence electrons. The molecular weight excluding hydrogens is 407 g/mol. The number of hydrogen-bond acceptors (Lipinski definition) is 6. The number of fused-ring (bicyclic) bond motifs is 2. The summed E-state index contributed by atoms with van der Waals surface area (Å²) < 4.78 is 23.4. The molecule has 2 unspecified atom stereocenters. The lowest BCUT2D eigenvalue weighted by Gasteiger charge is -2.35. The highest BCUT2D eigenvalue weighted by Gasteiger charge is 2.44. The van der Waals surface area contributed by atoms with E-state index < -0.39 is 37.0 Å². The van der Waals surface area contributed by atoms with E-state index in [9.17, 15) is 10.2 Å². The normalized spacial score (nSPS) is 33.6. The van der Waals surface area contributed by atoms with Gasteiger partial charge in [0.2, 0.25) is 0 Å². The van der Waals surface area contributed by atoms with Gasteiger partial charge in [0.1, 0.15) is 24.4 Å². The average Bonchev–Trinajstić information content (AvgIpc) is 2.86. The van der Waals surface area contributed by atoms with Crippen molar-refractivity contribution in [2.45, 2.75) is 37.0 Å². The summed E-state index contributed by atoms with van der Waals surface area (Å²) in [4.78, 5) is 0. The van der Waals surface area contributed by atoms with Gasteiger partial charge in [-0.1, -0.05) is 59.6 Å². The van der Waals surface area contributed by atoms with E-state index in [0.29, 0.717) is 21.2 Å². The van der Waals surface area contributed by atoms with Gasteiger partial charge in [0.05, 0.1) is 13.2 Å². The molecule has 2 aliphatic rings. The number of aliphatic hydroxyl groups excluding tert-OH is 2. The largest absolute Gasteiger partial charge is 0.388 e. The first-order valence-corrected chi connectivity index (χ1v) is 9.69. The van der Waals surface area contributed by atoms with Crippen molar-refractivity contribution in [3.05, 3.63) is 69.7 Å². The smallest absolute Gasteiger partial charge is 0.185 e. The van der Waals surface area contributed by atoms with Crippen LogP contribution in [0.15, 0.2) is 48.5 Å².